The van der Waals surface area contributed by atoms with Gasteiger partial charge in [-0.3, -0.25) is 0 Å². The minimum absolute atomic E-state index is 0.0120. The van der Waals surface area contributed by atoms with Crippen LogP contribution < -0.4 is 5.73 Å². The van der Waals surface area contributed by atoms with E-state index in [0.29, 0.717) is 12.1 Å². The van der Waals surface area contributed by atoms with E-state index in [0.717, 1.165) is 38.0 Å². The van der Waals surface area contributed by atoms with Crippen LogP contribution in [0, 0.1) is 5.41 Å². The molecular formula is C20H27N3O2. The Balaban J connectivity index is 1.61. The van der Waals surface area contributed by atoms with Crippen molar-refractivity contribution < 1.29 is 9.57 Å². The number of nitrogens with zero attached hydrogens (tertiary/aromatic N) is 2. The lowest BCUT2D eigenvalue weighted by Crippen LogP contribution is -2.46. The van der Waals surface area contributed by atoms with Crippen LogP contribution in [-0.2, 0) is 21.7 Å². The maximum absolute atomic E-state index is 6.43. The summed E-state index contributed by atoms with van der Waals surface area (Å²) < 4.78 is 5.61. The maximum atomic E-state index is 6.43. The number of guanidine groups is 1. The largest absolute Gasteiger partial charge is 0.381 e. The smallest absolute Gasteiger partial charge is 0.220 e. The molecule has 134 valence electrons. The molecule has 1 heterocycles. The van der Waals surface area contributed by atoms with Crippen LogP contribution in [0.2, 0.25) is 0 Å². The first-order valence-electron chi connectivity index (χ1n) is 9.51. The van der Waals surface area contributed by atoms with Crippen LogP contribution in [-0.4, -0.2) is 31.3 Å². The molecule has 1 unspecified atom stereocenters. The number of hydrogen-bond acceptors (Lipinski definition) is 5. The molecule has 2 fully saturated rings. The predicted octanol–water partition coefficient (Wildman–Crippen LogP) is 3.04. The van der Waals surface area contributed by atoms with Crippen LogP contribution in [0.25, 0.3) is 0 Å². The topological polar surface area (TPSA) is 60.1 Å². The van der Waals surface area contributed by atoms with Crippen LogP contribution in [0.1, 0.15) is 61.1 Å². The quantitative estimate of drug-likeness (QED) is 0.898. The zero-order valence-electron chi connectivity index (χ0n) is 15.1. The summed E-state index contributed by atoms with van der Waals surface area (Å²) in [7, 11) is 3.69. The van der Waals surface area contributed by atoms with E-state index in [9.17, 15) is 0 Å². The molecule has 2 spiro atoms. The predicted molar refractivity (Wildman–Crippen MR) is 96.0 cm³/mol. The third-order valence-electron chi connectivity index (χ3n) is 6.88. The molecule has 25 heavy (non-hydrogen) atoms. The second-order valence-corrected chi connectivity index (χ2v) is 8.29. The van der Waals surface area contributed by atoms with Gasteiger partial charge in [-0.05, 0) is 62.0 Å². The molecule has 1 aromatic rings. The van der Waals surface area contributed by atoms with Crippen molar-refractivity contribution in [3.63, 3.8) is 0 Å². The fraction of sp³-hybridized carbons (Fsp3) is 0.650. The second kappa shape index (κ2) is 5.21. The number of fused-ring (bicyclic) bond motifs is 3. The van der Waals surface area contributed by atoms with Gasteiger partial charge in [-0.2, -0.15) is 0 Å². The van der Waals surface area contributed by atoms with E-state index >= 15 is 0 Å². The fourth-order valence-electron chi connectivity index (χ4n) is 5.22. The second-order valence-electron chi connectivity index (χ2n) is 8.29. The Morgan fingerprint density at radius 2 is 2.00 bits per heavy atom. The Labute approximate surface area is 149 Å². The van der Waals surface area contributed by atoms with Gasteiger partial charge in [-0.1, -0.05) is 18.2 Å². The van der Waals surface area contributed by atoms with Crippen molar-refractivity contribution in [2.45, 2.75) is 62.7 Å². The van der Waals surface area contributed by atoms with Crippen LogP contribution in [0.5, 0.6) is 0 Å². The van der Waals surface area contributed by atoms with Gasteiger partial charge in [-0.15, -0.1) is 0 Å². The molecule has 1 aromatic carbocycles. The van der Waals surface area contributed by atoms with E-state index in [1.165, 1.54) is 29.5 Å². The molecule has 1 atom stereocenters. The van der Waals surface area contributed by atoms with Gasteiger partial charge in [0.2, 0.25) is 11.7 Å². The average molecular weight is 341 g/mol. The van der Waals surface area contributed by atoms with Crippen LogP contribution in [0.3, 0.4) is 0 Å². The zero-order chi connectivity index (χ0) is 17.2. The summed E-state index contributed by atoms with van der Waals surface area (Å²) >= 11 is 0. The molecule has 5 rings (SSSR count). The summed E-state index contributed by atoms with van der Waals surface area (Å²) in [5.74, 6) is 1.21. The zero-order valence-corrected chi connectivity index (χ0v) is 15.1. The minimum atomic E-state index is -0.648. The van der Waals surface area contributed by atoms with E-state index < -0.39 is 5.72 Å². The third-order valence-corrected chi connectivity index (χ3v) is 6.88. The Morgan fingerprint density at radius 3 is 2.60 bits per heavy atom. The normalized spacial score (nSPS) is 37.0. The van der Waals surface area contributed by atoms with E-state index in [-0.39, 0.29) is 5.41 Å². The fourth-order valence-corrected chi connectivity index (χ4v) is 5.22. The first-order valence-corrected chi connectivity index (χ1v) is 9.51. The highest BCUT2D eigenvalue weighted by Gasteiger charge is 2.63. The van der Waals surface area contributed by atoms with Gasteiger partial charge < -0.3 is 10.5 Å². The third kappa shape index (κ3) is 2.12. The first kappa shape index (κ1) is 15.6. The summed E-state index contributed by atoms with van der Waals surface area (Å²) in [6.45, 7) is 0. The van der Waals surface area contributed by atoms with Crippen LogP contribution in [0.4, 0.5) is 0 Å². The summed E-state index contributed by atoms with van der Waals surface area (Å²) in [6.07, 6.45) is 8.22. The average Bonchev–Trinajstić information content (AvgIpc) is 3.38. The van der Waals surface area contributed by atoms with E-state index in [1.807, 2.05) is 14.2 Å². The maximum Gasteiger partial charge on any atom is 0.220 e. The van der Waals surface area contributed by atoms with Crippen molar-refractivity contribution >= 4 is 5.96 Å². The minimum Gasteiger partial charge on any atom is -0.381 e. The van der Waals surface area contributed by atoms with Crippen molar-refractivity contribution in [2.24, 2.45) is 16.1 Å². The molecule has 0 radical (unpaired) electrons. The molecule has 2 N–H and O–H groups in total. The van der Waals surface area contributed by atoms with E-state index in [2.05, 4.69) is 18.2 Å². The lowest BCUT2D eigenvalue weighted by atomic mass is 9.66. The number of hydroxylamine groups is 2. The molecule has 5 heteroatoms. The van der Waals surface area contributed by atoms with E-state index in [1.54, 1.807) is 5.06 Å². The molecule has 0 saturated heterocycles. The number of hydrogen-bond donors (Lipinski definition) is 1. The molecule has 0 amide bonds. The Morgan fingerprint density at radius 1 is 1.24 bits per heavy atom. The molecule has 0 bridgehead atoms. The first-order chi connectivity index (χ1) is 12.1. The molecule has 0 aromatic heterocycles. The highest BCUT2D eigenvalue weighted by molar-refractivity contribution is 5.79. The van der Waals surface area contributed by atoms with Gasteiger partial charge in [0.25, 0.3) is 0 Å². The van der Waals surface area contributed by atoms with Gasteiger partial charge >= 0.3 is 0 Å². The van der Waals surface area contributed by atoms with Crippen molar-refractivity contribution in [1.29, 1.82) is 0 Å². The summed E-state index contributed by atoms with van der Waals surface area (Å²) in [4.78, 5) is 11.4. The number of nitrogens with two attached hydrogens (primary N) is 1. The number of methoxy groups -OCH3 is 1. The number of benzene rings is 1. The van der Waals surface area contributed by atoms with Crippen molar-refractivity contribution in [1.82, 2.24) is 5.06 Å². The summed E-state index contributed by atoms with van der Waals surface area (Å²) in [5, 5.41) is 1.66. The van der Waals surface area contributed by atoms with Gasteiger partial charge in [0.05, 0.1) is 6.10 Å². The van der Waals surface area contributed by atoms with Crippen LogP contribution >= 0.6 is 0 Å². The summed E-state index contributed by atoms with van der Waals surface area (Å²) in [6, 6.07) is 6.99. The Kier molecular flexibility index (Phi) is 3.26. The van der Waals surface area contributed by atoms with E-state index in [4.69, 9.17) is 20.3 Å². The lowest BCUT2D eigenvalue weighted by Gasteiger charge is -2.45. The molecule has 4 aliphatic rings. The Bertz CT molecular complexity index is 734. The number of aliphatic imine (C=N–C) groups is 1. The highest BCUT2D eigenvalue weighted by atomic mass is 16.7. The highest BCUT2D eigenvalue weighted by Crippen LogP contribution is 2.62. The molecular weight excluding hydrogens is 314 g/mol. The van der Waals surface area contributed by atoms with Gasteiger partial charge in [0, 0.05) is 25.1 Å². The van der Waals surface area contributed by atoms with Crippen molar-refractivity contribution in [2.75, 3.05) is 14.2 Å². The van der Waals surface area contributed by atoms with Crippen molar-refractivity contribution in [3.05, 3.63) is 34.9 Å². The number of rotatable bonds is 2. The monoisotopic (exact) mass is 341 g/mol. The van der Waals surface area contributed by atoms with Gasteiger partial charge in [-0.25, -0.2) is 14.9 Å². The van der Waals surface area contributed by atoms with Gasteiger partial charge in [0.1, 0.15) is 0 Å². The number of ether oxygens (including phenoxy) is 1. The van der Waals surface area contributed by atoms with Crippen molar-refractivity contribution in [3.8, 4) is 0 Å². The van der Waals surface area contributed by atoms with Crippen LogP contribution in [0.15, 0.2) is 23.2 Å². The molecule has 1 aliphatic heterocycles. The standard InChI is InChI=1S/C20H27N3O2/c1-23-18(21)22-20(25-23)17-11-14(13-3-4-13)5-6-15(17)12-19(20)9-7-16(24-2)8-10-19/h5-6,11,13,16H,3-4,7-10,12H2,1-2H3,(H2,21,22). The molecule has 3 aliphatic carbocycles. The summed E-state index contributed by atoms with van der Waals surface area (Å²) in [5.41, 5.74) is 9.58. The lowest BCUT2D eigenvalue weighted by molar-refractivity contribution is -0.232. The Hall–Kier alpha value is -1.59. The molecule has 5 nitrogen and oxygen atoms in total. The SMILES string of the molecule is COC1CCC2(CC1)Cc1ccc(C3CC3)cc1C21N=C(N)N(C)O1. The molecule has 2 saturated carbocycles. The van der Waals surface area contributed by atoms with Gasteiger partial charge in [0.15, 0.2) is 0 Å².